The molecular formula is C19H17NO. The quantitative estimate of drug-likeness (QED) is 0.582. The van der Waals surface area contributed by atoms with Gasteiger partial charge in [0.2, 0.25) is 0 Å². The van der Waals surface area contributed by atoms with Crippen molar-refractivity contribution in [3.05, 3.63) is 83.4 Å². The van der Waals surface area contributed by atoms with Crippen LogP contribution in [0.2, 0.25) is 0 Å². The van der Waals surface area contributed by atoms with Crippen LogP contribution < -0.4 is 4.74 Å². The minimum atomic E-state index is 0.569. The third-order valence-electron chi connectivity index (χ3n) is 2.94. The summed E-state index contributed by atoms with van der Waals surface area (Å²) in [4.78, 5) is 0. The Morgan fingerprint density at radius 3 is 2.48 bits per heavy atom. The van der Waals surface area contributed by atoms with Crippen molar-refractivity contribution in [3.8, 4) is 11.8 Å². The van der Waals surface area contributed by atoms with Gasteiger partial charge >= 0.3 is 0 Å². The summed E-state index contributed by atoms with van der Waals surface area (Å²) in [5.41, 5.74) is 3.27. The van der Waals surface area contributed by atoms with Crippen molar-refractivity contribution in [3.63, 3.8) is 0 Å². The van der Waals surface area contributed by atoms with Gasteiger partial charge in [-0.1, -0.05) is 48.5 Å². The van der Waals surface area contributed by atoms with E-state index in [1.165, 1.54) is 6.08 Å². The van der Waals surface area contributed by atoms with E-state index in [0.29, 0.717) is 6.61 Å². The van der Waals surface area contributed by atoms with Crippen LogP contribution in [0.3, 0.4) is 0 Å². The summed E-state index contributed by atoms with van der Waals surface area (Å²) in [6.45, 7) is 2.54. The monoisotopic (exact) mass is 275 g/mol. The molecule has 2 aromatic rings. The van der Waals surface area contributed by atoms with Crippen molar-refractivity contribution < 1.29 is 4.74 Å². The first-order chi connectivity index (χ1) is 10.3. The SMILES string of the molecule is CC(C=CC#N)=Cc1ccc(OCc2ccccc2)cc1. The van der Waals surface area contributed by atoms with E-state index in [2.05, 4.69) is 0 Å². The summed E-state index contributed by atoms with van der Waals surface area (Å²) in [6.07, 6.45) is 5.29. The van der Waals surface area contributed by atoms with Crippen LogP contribution in [0.15, 0.2) is 72.3 Å². The Balaban J connectivity index is 1.96. The van der Waals surface area contributed by atoms with Crippen LogP contribution in [0, 0.1) is 11.3 Å². The van der Waals surface area contributed by atoms with E-state index in [4.69, 9.17) is 10.00 Å². The average molecular weight is 275 g/mol. The number of ether oxygens (including phenoxy) is 1. The van der Waals surface area contributed by atoms with Gasteiger partial charge in [0.1, 0.15) is 12.4 Å². The highest BCUT2D eigenvalue weighted by Crippen LogP contribution is 2.16. The molecular weight excluding hydrogens is 258 g/mol. The second-order valence-corrected chi connectivity index (χ2v) is 4.69. The van der Waals surface area contributed by atoms with Crippen LogP contribution in [-0.4, -0.2) is 0 Å². The molecule has 0 fully saturated rings. The van der Waals surface area contributed by atoms with Gasteiger partial charge in [-0.05, 0) is 41.8 Å². The summed E-state index contributed by atoms with van der Waals surface area (Å²) in [5.74, 6) is 0.848. The Kier molecular flexibility index (Phi) is 5.37. The van der Waals surface area contributed by atoms with Gasteiger partial charge in [0.05, 0.1) is 6.07 Å². The average Bonchev–Trinajstić information content (AvgIpc) is 2.53. The molecule has 0 saturated carbocycles. The van der Waals surface area contributed by atoms with Gasteiger partial charge in [0.15, 0.2) is 0 Å². The van der Waals surface area contributed by atoms with Crippen molar-refractivity contribution in [1.29, 1.82) is 5.26 Å². The smallest absolute Gasteiger partial charge is 0.119 e. The van der Waals surface area contributed by atoms with E-state index in [0.717, 1.165) is 22.4 Å². The first kappa shape index (κ1) is 14.6. The first-order valence-corrected chi connectivity index (χ1v) is 6.79. The number of nitriles is 1. The van der Waals surface area contributed by atoms with Gasteiger partial charge < -0.3 is 4.74 Å². The van der Waals surface area contributed by atoms with Crippen LogP contribution in [0.1, 0.15) is 18.1 Å². The van der Waals surface area contributed by atoms with Crippen LogP contribution in [0.5, 0.6) is 5.75 Å². The topological polar surface area (TPSA) is 33.0 Å². The van der Waals surface area contributed by atoms with E-state index < -0.39 is 0 Å². The molecule has 0 bridgehead atoms. The van der Waals surface area contributed by atoms with E-state index in [9.17, 15) is 0 Å². The highest BCUT2D eigenvalue weighted by Gasteiger charge is 1.96. The van der Waals surface area contributed by atoms with Crippen molar-refractivity contribution in [1.82, 2.24) is 0 Å². The third kappa shape index (κ3) is 5.00. The lowest BCUT2D eigenvalue weighted by atomic mass is 10.1. The Morgan fingerprint density at radius 1 is 1.10 bits per heavy atom. The maximum atomic E-state index is 8.49. The maximum Gasteiger partial charge on any atom is 0.119 e. The molecule has 0 aliphatic rings. The van der Waals surface area contributed by atoms with E-state index >= 15 is 0 Å². The van der Waals surface area contributed by atoms with E-state index in [1.54, 1.807) is 6.08 Å². The molecule has 0 aliphatic carbocycles. The fourth-order valence-corrected chi connectivity index (χ4v) is 1.88. The first-order valence-electron chi connectivity index (χ1n) is 6.79. The number of nitrogens with zero attached hydrogens (tertiary/aromatic N) is 1. The van der Waals surface area contributed by atoms with Crippen LogP contribution in [0.4, 0.5) is 0 Å². The van der Waals surface area contributed by atoms with E-state index in [1.807, 2.05) is 73.7 Å². The maximum absolute atomic E-state index is 8.49. The van der Waals surface area contributed by atoms with Gasteiger partial charge in [-0.15, -0.1) is 0 Å². The molecule has 2 rings (SSSR count). The van der Waals surface area contributed by atoms with Crippen molar-refractivity contribution in [2.45, 2.75) is 13.5 Å². The molecule has 0 unspecified atom stereocenters. The van der Waals surface area contributed by atoms with Gasteiger partial charge in [0, 0.05) is 6.08 Å². The zero-order chi connectivity index (χ0) is 14.9. The molecule has 0 heterocycles. The number of hydrogen-bond donors (Lipinski definition) is 0. The molecule has 0 radical (unpaired) electrons. The number of hydrogen-bond acceptors (Lipinski definition) is 2. The molecule has 104 valence electrons. The summed E-state index contributed by atoms with van der Waals surface area (Å²) in [6, 6.07) is 20.0. The Bertz CT molecular complexity index is 661. The molecule has 2 nitrogen and oxygen atoms in total. The number of rotatable bonds is 5. The molecule has 2 heteroatoms. The summed E-state index contributed by atoms with van der Waals surface area (Å²) >= 11 is 0. The molecule has 21 heavy (non-hydrogen) atoms. The Labute approximate surface area is 125 Å². The summed E-state index contributed by atoms with van der Waals surface area (Å²) in [7, 11) is 0. The van der Waals surface area contributed by atoms with Crippen LogP contribution in [0.25, 0.3) is 6.08 Å². The lowest BCUT2D eigenvalue weighted by molar-refractivity contribution is 0.306. The van der Waals surface area contributed by atoms with Crippen molar-refractivity contribution in [2.24, 2.45) is 0 Å². The highest BCUT2D eigenvalue weighted by atomic mass is 16.5. The zero-order valence-corrected chi connectivity index (χ0v) is 12.0. The lowest BCUT2D eigenvalue weighted by Crippen LogP contribution is -1.94. The van der Waals surface area contributed by atoms with E-state index in [-0.39, 0.29) is 0 Å². The lowest BCUT2D eigenvalue weighted by Gasteiger charge is -2.06. The Hall–Kier alpha value is -2.79. The summed E-state index contributed by atoms with van der Waals surface area (Å²) in [5, 5.41) is 8.49. The van der Waals surface area contributed by atoms with Crippen molar-refractivity contribution >= 4 is 6.08 Å². The van der Waals surface area contributed by atoms with Gasteiger partial charge in [-0.3, -0.25) is 0 Å². The minimum absolute atomic E-state index is 0.569. The highest BCUT2D eigenvalue weighted by molar-refractivity contribution is 5.56. The molecule has 0 aromatic heterocycles. The molecule has 0 N–H and O–H groups in total. The molecule has 0 saturated heterocycles. The van der Waals surface area contributed by atoms with Crippen LogP contribution in [-0.2, 0) is 6.61 Å². The second kappa shape index (κ2) is 7.72. The molecule has 0 spiro atoms. The van der Waals surface area contributed by atoms with Crippen LogP contribution >= 0.6 is 0 Å². The second-order valence-electron chi connectivity index (χ2n) is 4.69. The van der Waals surface area contributed by atoms with Gasteiger partial charge in [-0.2, -0.15) is 5.26 Å². The number of allylic oxidation sites excluding steroid dienone is 3. The summed E-state index contributed by atoms with van der Waals surface area (Å²) < 4.78 is 5.74. The molecule has 2 aromatic carbocycles. The van der Waals surface area contributed by atoms with Gasteiger partial charge in [0.25, 0.3) is 0 Å². The predicted octanol–water partition coefficient (Wildman–Crippen LogP) is 4.75. The predicted molar refractivity (Wildman–Crippen MR) is 85.6 cm³/mol. The fraction of sp³-hybridized carbons (Fsp3) is 0.105. The third-order valence-corrected chi connectivity index (χ3v) is 2.94. The largest absolute Gasteiger partial charge is 0.489 e. The molecule has 0 aliphatic heterocycles. The van der Waals surface area contributed by atoms with Crippen molar-refractivity contribution in [2.75, 3.05) is 0 Å². The molecule has 0 amide bonds. The fourth-order valence-electron chi connectivity index (χ4n) is 1.88. The Morgan fingerprint density at radius 2 is 1.81 bits per heavy atom. The molecule has 0 atom stereocenters. The number of benzene rings is 2. The minimum Gasteiger partial charge on any atom is -0.489 e. The normalized spacial score (nSPS) is 11.3. The van der Waals surface area contributed by atoms with Gasteiger partial charge in [-0.25, -0.2) is 0 Å². The standard InChI is InChI=1S/C19H17NO/c1-16(6-5-13-20)14-17-9-11-19(12-10-17)21-15-18-7-3-2-4-8-18/h2-12,14H,15H2,1H3. The zero-order valence-electron chi connectivity index (χ0n) is 12.0.